The maximum atomic E-state index is 13.3. The average Bonchev–Trinajstić information content (AvgIpc) is 3.40. The topological polar surface area (TPSA) is 66.8 Å². The number of anilines is 1. The lowest BCUT2D eigenvalue weighted by atomic mass is 9.84. The monoisotopic (exact) mass is 495 g/mol. The van der Waals surface area contributed by atoms with Crippen molar-refractivity contribution in [1.29, 1.82) is 0 Å². The largest absolute Gasteiger partial charge is 0.507 e. The van der Waals surface area contributed by atoms with E-state index in [1.807, 2.05) is 51.3 Å². The number of hydrogen-bond acceptors (Lipinski definition) is 5. The normalized spacial score (nSPS) is 17.9. The zero-order valence-corrected chi connectivity index (χ0v) is 21.3. The van der Waals surface area contributed by atoms with Crippen molar-refractivity contribution in [2.45, 2.75) is 39.2 Å². The minimum absolute atomic E-state index is 0.0619. The molecule has 1 aliphatic heterocycles. The molecule has 0 radical (unpaired) electrons. The number of amides is 1. The van der Waals surface area contributed by atoms with Crippen LogP contribution in [0.15, 0.2) is 59.5 Å². The molecule has 5 nitrogen and oxygen atoms in total. The second kappa shape index (κ2) is 8.93. The highest BCUT2D eigenvalue weighted by Gasteiger charge is 2.47. The molecule has 3 aromatic rings. The van der Waals surface area contributed by atoms with Crippen molar-refractivity contribution in [3.8, 4) is 5.75 Å². The number of thiophene rings is 1. The third-order valence-corrected chi connectivity index (χ3v) is 7.12. The molecular weight excluding hydrogens is 470 g/mol. The molecule has 34 heavy (non-hydrogen) atoms. The minimum atomic E-state index is -0.750. The highest BCUT2D eigenvalue weighted by molar-refractivity contribution is 7.10. The number of hydrogen-bond donors (Lipinski definition) is 1. The molecule has 2 heterocycles. The fraction of sp³-hybridized carbons (Fsp3) is 0.259. The van der Waals surface area contributed by atoms with Crippen LogP contribution in [0.1, 0.15) is 48.4 Å². The number of aliphatic hydroxyl groups is 1. The number of Topliss-reactive ketones (excluding diaryl/α,β-unsaturated/α-hetero) is 1. The molecule has 0 aliphatic carbocycles. The van der Waals surface area contributed by atoms with Crippen LogP contribution in [0.3, 0.4) is 0 Å². The molecule has 1 saturated heterocycles. The Kier molecular flexibility index (Phi) is 6.32. The van der Waals surface area contributed by atoms with Crippen LogP contribution in [-0.4, -0.2) is 23.9 Å². The van der Waals surface area contributed by atoms with Crippen LogP contribution in [0.4, 0.5) is 5.69 Å². The Hall–Kier alpha value is -3.09. The summed E-state index contributed by atoms with van der Waals surface area (Å²) < 4.78 is 5.51. The summed E-state index contributed by atoms with van der Waals surface area (Å²) in [6.07, 6.45) is 0. The number of aliphatic hydroxyl groups excluding tert-OH is 1. The van der Waals surface area contributed by atoms with E-state index in [1.165, 1.54) is 16.2 Å². The van der Waals surface area contributed by atoms with Crippen LogP contribution < -0.4 is 9.64 Å². The van der Waals surface area contributed by atoms with E-state index in [9.17, 15) is 14.7 Å². The Morgan fingerprint density at radius 2 is 1.85 bits per heavy atom. The van der Waals surface area contributed by atoms with Crippen molar-refractivity contribution in [3.63, 3.8) is 0 Å². The fourth-order valence-electron chi connectivity index (χ4n) is 4.28. The average molecular weight is 496 g/mol. The maximum Gasteiger partial charge on any atom is 0.300 e. The van der Waals surface area contributed by atoms with E-state index in [0.717, 1.165) is 16.0 Å². The van der Waals surface area contributed by atoms with Crippen LogP contribution in [-0.2, 0) is 15.0 Å². The Balaban J connectivity index is 1.94. The summed E-state index contributed by atoms with van der Waals surface area (Å²) >= 11 is 7.56. The highest BCUT2D eigenvalue weighted by atomic mass is 35.5. The van der Waals surface area contributed by atoms with Crippen LogP contribution in [0.25, 0.3) is 5.76 Å². The van der Waals surface area contributed by atoms with E-state index < -0.39 is 17.7 Å². The summed E-state index contributed by atoms with van der Waals surface area (Å²) in [4.78, 5) is 28.9. The second-order valence-electron chi connectivity index (χ2n) is 9.28. The van der Waals surface area contributed by atoms with Gasteiger partial charge in [-0.1, -0.05) is 38.4 Å². The number of methoxy groups -OCH3 is 1. The van der Waals surface area contributed by atoms with Gasteiger partial charge in [0.1, 0.15) is 17.6 Å². The van der Waals surface area contributed by atoms with Gasteiger partial charge in [-0.3, -0.25) is 14.5 Å². The van der Waals surface area contributed by atoms with Gasteiger partial charge in [0, 0.05) is 26.7 Å². The molecule has 1 atom stereocenters. The van der Waals surface area contributed by atoms with Gasteiger partial charge in [0.15, 0.2) is 0 Å². The molecule has 4 rings (SSSR count). The van der Waals surface area contributed by atoms with Crippen LogP contribution >= 0.6 is 22.9 Å². The van der Waals surface area contributed by atoms with Gasteiger partial charge in [0.25, 0.3) is 11.7 Å². The van der Waals surface area contributed by atoms with E-state index in [2.05, 4.69) is 0 Å². The van der Waals surface area contributed by atoms with E-state index in [4.69, 9.17) is 16.3 Å². The van der Waals surface area contributed by atoms with Crippen LogP contribution in [0, 0.1) is 6.92 Å². The van der Waals surface area contributed by atoms with Gasteiger partial charge >= 0.3 is 0 Å². The van der Waals surface area contributed by atoms with E-state index in [0.29, 0.717) is 22.0 Å². The lowest BCUT2D eigenvalue weighted by Crippen LogP contribution is -2.29. The zero-order valence-electron chi connectivity index (χ0n) is 19.7. The van der Waals surface area contributed by atoms with Gasteiger partial charge in [-0.2, -0.15) is 0 Å². The van der Waals surface area contributed by atoms with Crippen molar-refractivity contribution in [1.82, 2.24) is 0 Å². The number of ketones is 1. The molecule has 0 bridgehead atoms. The predicted octanol–water partition coefficient (Wildman–Crippen LogP) is 6.64. The van der Waals surface area contributed by atoms with Gasteiger partial charge in [-0.15, -0.1) is 11.3 Å². The smallest absolute Gasteiger partial charge is 0.300 e. The second-order valence-corrected chi connectivity index (χ2v) is 10.7. The van der Waals surface area contributed by atoms with Gasteiger partial charge in [0.2, 0.25) is 0 Å². The molecule has 1 fully saturated rings. The number of ether oxygens (including phenoxy) is 1. The molecule has 1 aliphatic rings. The molecule has 7 heteroatoms. The van der Waals surface area contributed by atoms with Crippen LogP contribution in [0.5, 0.6) is 5.75 Å². The summed E-state index contributed by atoms with van der Waals surface area (Å²) in [7, 11) is 1.60. The first kappa shape index (κ1) is 24.0. The minimum Gasteiger partial charge on any atom is -0.507 e. The third-order valence-electron chi connectivity index (χ3n) is 5.96. The first-order valence-corrected chi connectivity index (χ1v) is 12.1. The number of halogens is 1. The van der Waals surface area contributed by atoms with Gasteiger partial charge < -0.3 is 9.84 Å². The van der Waals surface area contributed by atoms with Gasteiger partial charge in [-0.25, -0.2) is 0 Å². The summed E-state index contributed by atoms with van der Waals surface area (Å²) in [5.74, 6) is -0.927. The van der Waals surface area contributed by atoms with E-state index in [1.54, 1.807) is 37.4 Å². The summed E-state index contributed by atoms with van der Waals surface area (Å²) in [5, 5.41) is 13.9. The SMILES string of the molecule is COc1ccc(/C(O)=C2/C(=O)C(=O)N(c3ccc(Cl)cc3C)C2c2cccs2)cc1C(C)(C)C. The molecule has 176 valence electrons. The van der Waals surface area contributed by atoms with Crippen LogP contribution in [0.2, 0.25) is 5.02 Å². The molecule has 1 N–H and O–H groups in total. The highest BCUT2D eigenvalue weighted by Crippen LogP contribution is 2.45. The van der Waals surface area contributed by atoms with E-state index >= 15 is 0 Å². The molecule has 1 amide bonds. The van der Waals surface area contributed by atoms with Crippen molar-refractivity contribution < 1.29 is 19.4 Å². The first-order chi connectivity index (χ1) is 16.0. The molecule has 2 aromatic carbocycles. The molecule has 1 aromatic heterocycles. The lowest BCUT2D eigenvalue weighted by molar-refractivity contribution is -0.132. The number of carbonyl (C=O) groups is 2. The van der Waals surface area contributed by atoms with Gasteiger partial charge in [0.05, 0.1) is 12.7 Å². The van der Waals surface area contributed by atoms with Crippen molar-refractivity contribution in [2.24, 2.45) is 0 Å². The molecule has 0 saturated carbocycles. The summed E-state index contributed by atoms with van der Waals surface area (Å²) in [5.41, 5.74) is 2.48. The number of nitrogens with zero attached hydrogens (tertiary/aromatic N) is 1. The summed E-state index contributed by atoms with van der Waals surface area (Å²) in [6.45, 7) is 7.97. The van der Waals surface area contributed by atoms with E-state index in [-0.39, 0.29) is 16.7 Å². The van der Waals surface area contributed by atoms with Crippen molar-refractivity contribution in [3.05, 3.63) is 86.1 Å². The Labute approximate surface area is 208 Å². The lowest BCUT2D eigenvalue weighted by Gasteiger charge is -2.26. The molecule has 1 unspecified atom stereocenters. The molecular formula is C27H26ClNO4S. The summed E-state index contributed by atoms with van der Waals surface area (Å²) in [6, 6.07) is 13.4. The first-order valence-electron chi connectivity index (χ1n) is 10.8. The molecule has 0 spiro atoms. The fourth-order valence-corrected chi connectivity index (χ4v) is 5.33. The number of aryl methyl sites for hydroxylation is 1. The quantitative estimate of drug-likeness (QED) is 0.250. The number of benzene rings is 2. The standard InChI is InChI=1S/C27H26ClNO4S/c1-15-13-17(28)9-10-19(15)29-23(21-7-6-12-34-21)22(25(31)26(29)32)24(30)16-8-11-20(33-5)18(14-16)27(2,3)4/h6-14,23,30H,1-5H3/b24-22-. The van der Waals surface area contributed by atoms with Gasteiger partial charge in [-0.05, 0) is 65.7 Å². The Morgan fingerprint density at radius 3 is 2.44 bits per heavy atom. The van der Waals surface area contributed by atoms with Crippen molar-refractivity contribution >= 4 is 46.1 Å². The maximum absolute atomic E-state index is 13.3. The number of rotatable bonds is 4. The Bertz CT molecular complexity index is 1300. The predicted molar refractivity (Wildman–Crippen MR) is 137 cm³/mol. The third kappa shape index (κ3) is 4.12. The Morgan fingerprint density at radius 1 is 1.12 bits per heavy atom. The number of carbonyl (C=O) groups excluding carboxylic acids is 2. The van der Waals surface area contributed by atoms with Crippen molar-refractivity contribution in [2.75, 3.05) is 12.0 Å². The zero-order chi connectivity index (χ0) is 24.8.